The second-order valence-electron chi connectivity index (χ2n) is 7.74. The number of rotatable bonds is 6. The van der Waals surface area contributed by atoms with E-state index in [0.717, 1.165) is 21.8 Å². The minimum atomic E-state index is -0.586. The molecule has 0 radical (unpaired) electrons. The second kappa shape index (κ2) is 9.82. The van der Waals surface area contributed by atoms with Crippen molar-refractivity contribution in [1.82, 2.24) is 4.90 Å². The number of hydrogen-bond acceptors (Lipinski definition) is 5. The fraction of sp³-hybridized carbons (Fsp3) is 0.148. The first-order chi connectivity index (χ1) is 16.4. The van der Waals surface area contributed by atoms with Gasteiger partial charge in [0, 0.05) is 22.7 Å². The van der Waals surface area contributed by atoms with Crippen molar-refractivity contribution in [3.63, 3.8) is 0 Å². The molecule has 0 spiro atoms. The van der Waals surface area contributed by atoms with Gasteiger partial charge in [-0.3, -0.25) is 14.5 Å². The Hall–Kier alpha value is -4.08. The van der Waals surface area contributed by atoms with Crippen LogP contribution in [0.5, 0.6) is 5.75 Å². The third kappa shape index (κ3) is 4.66. The average molecular weight is 473 g/mol. The molecule has 1 aliphatic rings. The first-order valence-electron chi connectivity index (χ1n) is 10.6. The third-order valence-electron chi connectivity index (χ3n) is 5.65. The zero-order valence-corrected chi connectivity index (χ0v) is 19.4. The smallest absolute Gasteiger partial charge is 0.271 e. The highest BCUT2D eigenvalue weighted by Crippen LogP contribution is 2.30. The number of ether oxygens (including phenoxy) is 1. The molecule has 170 valence electrons. The maximum absolute atomic E-state index is 13.3. The fourth-order valence-electron chi connectivity index (χ4n) is 3.71. The van der Waals surface area contributed by atoms with Crippen molar-refractivity contribution in [2.24, 2.45) is 0 Å². The topological polar surface area (TPSA) is 83.5 Å². The van der Waals surface area contributed by atoms with Gasteiger partial charge >= 0.3 is 0 Å². The lowest BCUT2D eigenvalue weighted by Crippen LogP contribution is -2.43. The summed E-state index contributed by atoms with van der Waals surface area (Å²) in [5, 5.41) is 10.2. The molecular weight excluding hydrogens is 452 g/mol. The van der Waals surface area contributed by atoms with E-state index in [-0.39, 0.29) is 17.7 Å². The number of methoxy groups -OCH3 is 1. The van der Waals surface area contributed by atoms with E-state index in [2.05, 4.69) is 0 Å². The molecule has 2 amide bonds. The summed E-state index contributed by atoms with van der Waals surface area (Å²) in [7, 11) is 1.59. The molecule has 0 fully saturated rings. The molecule has 0 unspecified atom stereocenters. The normalized spacial score (nSPS) is 15.1. The minimum absolute atomic E-state index is 0.0509. The maximum atomic E-state index is 13.3. The summed E-state index contributed by atoms with van der Waals surface area (Å²) < 4.78 is 11.1. The third-order valence-corrected chi connectivity index (χ3v) is 5.90. The van der Waals surface area contributed by atoms with Crippen LogP contribution in [0.15, 0.2) is 81.8 Å². The number of nitriles is 1. The molecule has 1 aliphatic heterocycles. The molecule has 0 bridgehead atoms. The van der Waals surface area contributed by atoms with Crippen LogP contribution in [0.3, 0.4) is 0 Å². The van der Waals surface area contributed by atoms with E-state index < -0.39 is 11.8 Å². The van der Waals surface area contributed by atoms with Gasteiger partial charge in [0.2, 0.25) is 0 Å². The largest absolute Gasteiger partial charge is 0.497 e. The van der Waals surface area contributed by atoms with Crippen molar-refractivity contribution >= 4 is 29.5 Å². The van der Waals surface area contributed by atoms with Gasteiger partial charge in [0.15, 0.2) is 0 Å². The molecule has 2 heterocycles. The van der Waals surface area contributed by atoms with Crippen molar-refractivity contribution in [3.05, 3.63) is 93.7 Å². The Labute approximate surface area is 202 Å². The molecule has 1 aromatic heterocycles. The first-order valence-corrected chi connectivity index (χ1v) is 11.0. The SMILES string of the molecule is COc1ccc(CCN2C(=O)C(C#N)=C(C)/C(=C\c3ccc(-c4ccc(Cl)cc4)o3)C2=O)cc1. The van der Waals surface area contributed by atoms with Crippen LogP contribution in [-0.4, -0.2) is 30.4 Å². The number of furan rings is 1. The Kier molecular flexibility index (Phi) is 6.67. The summed E-state index contributed by atoms with van der Waals surface area (Å²) in [6.45, 7) is 1.75. The number of amides is 2. The predicted octanol–water partition coefficient (Wildman–Crippen LogP) is 5.44. The van der Waals surface area contributed by atoms with E-state index in [1.165, 1.54) is 0 Å². The van der Waals surface area contributed by atoms with Crippen molar-refractivity contribution < 1.29 is 18.7 Å². The molecule has 2 aromatic carbocycles. The van der Waals surface area contributed by atoms with Gasteiger partial charge in [0.05, 0.1) is 7.11 Å². The highest BCUT2D eigenvalue weighted by molar-refractivity contribution is 6.30. The Balaban J connectivity index is 1.61. The molecule has 0 saturated heterocycles. The van der Waals surface area contributed by atoms with E-state index in [1.54, 1.807) is 44.4 Å². The Morgan fingerprint density at radius 2 is 1.74 bits per heavy atom. The number of carbonyl (C=O) groups is 2. The minimum Gasteiger partial charge on any atom is -0.497 e. The molecule has 6 nitrogen and oxygen atoms in total. The predicted molar refractivity (Wildman–Crippen MR) is 129 cm³/mol. The molecule has 0 saturated carbocycles. The highest BCUT2D eigenvalue weighted by atomic mass is 35.5. The number of halogens is 1. The lowest BCUT2D eigenvalue weighted by Gasteiger charge is -2.27. The number of hydrogen-bond donors (Lipinski definition) is 0. The second-order valence-corrected chi connectivity index (χ2v) is 8.18. The van der Waals surface area contributed by atoms with Crippen molar-refractivity contribution in [2.45, 2.75) is 13.3 Å². The molecule has 34 heavy (non-hydrogen) atoms. The summed E-state index contributed by atoms with van der Waals surface area (Å²) in [5.41, 5.74) is 2.32. The van der Waals surface area contributed by atoms with Crippen LogP contribution in [0.1, 0.15) is 18.2 Å². The van der Waals surface area contributed by atoms with Gasteiger partial charge in [-0.25, -0.2) is 0 Å². The molecule has 7 heteroatoms. The Bertz CT molecular complexity index is 1340. The van der Waals surface area contributed by atoms with E-state index in [1.807, 2.05) is 42.5 Å². The van der Waals surface area contributed by atoms with Gasteiger partial charge in [-0.1, -0.05) is 23.7 Å². The van der Waals surface area contributed by atoms with Crippen LogP contribution >= 0.6 is 11.6 Å². The van der Waals surface area contributed by atoms with Gasteiger partial charge in [-0.05, 0) is 79.1 Å². The van der Waals surface area contributed by atoms with E-state index >= 15 is 0 Å². The van der Waals surface area contributed by atoms with Crippen LogP contribution < -0.4 is 4.74 Å². The highest BCUT2D eigenvalue weighted by Gasteiger charge is 2.35. The number of benzene rings is 2. The number of nitrogens with zero attached hydrogens (tertiary/aromatic N) is 2. The summed E-state index contributed by atoms with van der Waals surface area (Å²) in [4.78, 5) is 27.2. The Morgan fingerprint density at radius 3 is 2.38 bits per heavy atom. The molecule has 3 aromatic rings. The summed E-state index contributed by atoms with van der Waals surface area (Å²) in [6, 6.07) is 20.1. The van der Waals surface area contributed by atoms with Crippen molar-refractivity contribution in [2.75, 3.05) is 13.7 Å². The molecule has 0 aliphatic carbocycles. The van der Waals surface area contributed by atoms with E-state index in [9.17, 15) is 14.9 Å². The molecule has 0 N–H and O–H groups in total. The van der Waals surface area contributed by atoms with Gasteiger partial charge in [-0.15, -0.1) is 0 Å². The lowest BCUT2D eigenvalue weighted by molar-refractivity contribution is -0.140. The van der Waals surface area contributed by atoms with E-state index in [4.69, 9.17) is 20.8 Å². The van der Waals surface area contributed by atoms with Crippen LogP contribution in [0, 0.1) is 11.3 Å². The monoisotopic (exact) mass is 472 g/mol. The van der Waals surface area contributed by atoms with Crippen molar-refractivity contribution in [1.29, 1.82) is 5.26 Å². The zero-order valence-electron chi connectivity index (χ0n) is 18.7. The van der Waals surface area contributed by atoms with Gasteiger partial charge in [0.25, 0.3) is 11.8 Å². The van der Waals surface area contributed by atoms with Crippen LogP contribution in [0.4, 0.5) is 0 Å². The zero-order chi connectivity index (χ0) is 24.2. The lowest BCUT2D eigenvalue weighted by atomic mass is 9.94. The molecule has 4 rings (SSSR count). The molecule has 0 atom stereocenters. The summed E-state index contributed by atoms with van der Waals surface area (Å²) in [5.74, 6) is 0.730. The van der Waals surface area contributed by atoms with Crippen LogP contribution in [-0.2, 0) is 16.0 Å². The Morgan fingerprint density at radius 1 is 1.03 bits per heavy atom. The average Bonchev–Trinajstić information content (AvgIpc) is 3.31. The van der Waals surface area contributed by atoms with Gasteiger partial charge in [0.1, 0.15) is 28.9 Å². The number of imide groups is 1. The molecular formula is C27H21ClN2O4. The number of carbonyl (C=O) groups excluding carboxylic acids is 2. The summed E-state index contributed by atoms with van der Waals surface area (Å²) in [6.07, 6.45) is 2.02. The fourth-order valence-corrected chi connectivity index (χ4v) is 3.83. The quantitative estimate of drug-likeness (QED) is 0.352. The van der Waals surface area contributed by atoms with Gasteiger partial charge in [-0.2, -0.15) is 5.26 Å². The van der Waals surface area contributed by atoms with Gasteiger partial charge < -0.3 is 9.15 Å². The first kappa shape index (κ1) is 23.1. The summed E-state index contributed by atoms with van der Waals surface area (Å²) >= 11 is 5.95. The van der Waals surface area contributed by atoms with Crippen molar-refractivity contribution in [3.8, 4) is 23.1 Å². The maximum Gasteiger partial charge on any atom is 0.271 e. The standard InChI is InChI=1S/C27H21ClN2O4/c1-17-23(15-22-11-12-25(34-22)19-5-7-20(28)8-6-19)26(31)30(27(32)24(17)16-29)14-13-18-3-9-21(33-2)10-4-18/h3-12,15H,13-14H2,1-2H3/b23-15+. The van der Waals surface area contributed by atoms with Crippen LogP contribution in [0.25, 0.3) is 17.4 Å². The van der Waals surface area contributed by atoms with Crippen LogP contribution in [0.2, 0.25) is 5.02 Å². The van der Waals surface area contributed by atoms with E-state index in [0.29, 0.717) is 28.5 Å².